The van der Waals surface area contributed by atoms with Crippen LogP contribution in [0.25, 0.3) is 0 Å². The lowest BCUT2D eigenvalue weighted by Gasteiger charge is -2.09. The number of halogens is 1. The summed E-state index contributed by atoms with van der Waals surface area (Å²) >= 11 is 0. The van der Waals surface area contributed by atoms with Crippen molar-refractivity contribution >= 4 is 11.7 Å². The van der Waals surface area contributed by atoms with Crippen LogP contribution >= 0.6 is 0 Å². The highest BCUT2D eigenvalue weighted by Gasteiger charge is 2.11. The molecule has 1 aromatic carbocycles. The average molecular weight is 261 g/mol. The number of aryl methyl sites for hydroxylation is 1. The first-order chi connectivity index (χ1) is 9.06. The smallest absolute Gasteiger partial charge is 0.337 e. The third kappa shape index (κ3) is 3.25. The predicted octanol–water partition coefficient (Wildman–Crippen LogP) is 2.23. The predicted molar refractivity (Wildman–Crippen MR) is 67.5 cm³/mol. The topological polar surface area (TPSA) is 75.1 Å². The fourth-order valence-corrected chi connectivity index (χ4v) is 1.64. The van der Waals surface area contributed by atoms with Crippen molar-refractivity contribution in [3.8, 4) is 0 Å². The number of rotatable bonds is 4. The number of carbonyl (C=O) groups is 1. The molecule has 0 bridgehead atoms. The van der Waals surface area contributed by atoms with Crippen molar-refractivity contribution in [2.75, 3.05) is 5.32 Å². The van der Waals surface area contributed by atoms with Crippen LogP contribution in [0.1, 0.15) is 21.9 Å². The molecule has 2 rings (SSSR count). The molecule has 0 fully saturated rings. The van der Waals surface area contributed by atoms with Crippen molar-refractivity contribution in [2.24, 2.45) is 0 Å². The molecular formula is C13H12FN3O2. The summed E-state index contributed by atoms with van der Waals surface area (Å²) in [5.41, 5.74) is 0.976. The second-order valence-electron chi connectivity index (χ2n) is 3.94. The van der Waals surface area contributed by atoms with E-state index in [-0.39, 0.29) is 5.56 Å². The molecule has 5 nitrogen and oxygen atoms in total. The number of anilines is 1. The molecule has 0 amide bonds. The number of hydrogen-bond donors (Lipinski definition) is 2. The van der Waals surface area contributed by atoms with Crippen LogP contribution in [0.15, 0.2) is 30.5 Å². The highest BCUT2D eigenvalue weighted by Crippen LogP contribution is 2.17. The summed E-state index contributed by atoms with van der Waals surface area (Å²) < 4.78 is 13.0. The fourth-order valence-electron chi connectivity index (χ4n) is 1.64. The van der Waals surface area contributed by atoms with Gasteiger partial charge in [-0.05, 0) is 31.2 Å². The molecule has 98 valence electrons. The third-order valence-electron chi connectivity index (χ3n) is 2.51. The number of carboxylic acids is 1. The molecule has 0 spiro atoms. The van der Waals surface area contributed by atoms with E-state index in [1.54, 1.807) is 19.2 Å². The fraction of sp³-hybridized carbons (Fsp3) is 0.154. The first-order valence-corrected chi connectivity index (χ1v) is 5.61. The maximum atomic E-state index is 13.0. The van der Waals surface area contributed by atoms with Gasteiger partial charge in [-0.3, -0.25) is 0 Å². The van der Waals surface area contributed by atoms with Gasteiger partial charge in [-0.2, -0.15) is 0 Å². The summed E-state index contributed by atoms with van der Waals surface area (Å²) in [5.74, 6) is -1.13. The monoisotopic (exact) mass is 261 g/mol. The van der Waals surface area contributed by atoms with Gasteiger partial charge in [0.2, 0.25) is 0 Å². The van der Waals surface area contributed by atoms with E-state index < -0.39 is 11.8 Å². The van der Waals surface area contributed by atoms with E-state index in [4.69, 9.17) is 5.11 Å². The zero-order valence-electron chi connectivity index (χ0n) is 10.2. The second kappa shape index (κ2) is 5.43. The van der Waals surface area contributed by atoms with Gasteiger partial charge in [0.1, 0.15) is 11.6 Å². The van der Waals surface area contributed by atoms with Crippen LogP contribution < -0.4 is 5.32 Å². The summed E-state index contributed by atoms with van der Waals surface area (Å²) in [6, 6.07) is 5.31. The molecule has 6 heteroatoms. The van der Waals surface area contributed by atoms with E-state index in [1.807, 2.05) is 0 Å². The number of carboxylic acid groups (broad SMARTS) is 1. The molecule has 1 aromatic heterocycles. The molecule has 0 radical (unpaired) electrons. The normalized spacial score (nSPS) is 10.2. The summed E-state index contributed by atoms with van der Waals surface area (Å²) in [6.45, 7) is 2.11. The molecule has 0 saturated heterocycles. The zero-order chi connectivity index (χ0) is 13.8. The minimum atomic E-state index is -1.18. The Morgan fingerprint density at radius 1 is 1.42 bits per heavy atom. The summed E-state index contributed by atoms with van der Waals surface area (Å²) in [7, 11) is 0. The molecule has 0 atom stereocenters. The SMILES string of the molecule is Cc1nccc(CNc2ccc(F)cc2C(=O)O)n1. The van der Waals surface area contributed by atoms with E-state index in [1.165, 1.54) is 12.1 Å². The van der Waals surface area contributed by atoms with E-state index >= 15 is 0 Å². The Bertz CT molecular complexity index is 617. The van der Waals surface area contributed by atoms with Crippen molar-refractivity contribution < 1.29 is 14.3 Å². The van der Waals surface area contributed by atoms with E-state index in [0.717, 1.165) is 11.8 Å². The molecule has 0 aliphatic carbocycles. The van der Waals surface area contributed by atoms with Crippen LogP contribution in [0.4, 0.5) is 10.1 Å². The van der Waals surface area contributed by atoms with Gasteiger partial charge < -0.3 is 10.4 Å². The number of benzene rings is 1. The first-order valence-electron chi connectivity index (χ1n) is 5.61. The Morgan fingerprint density at radius 2 is 2.21 bits per heavy atom. The molecule has 0 aliphatic heterocycles. The van der Waals surface area contributed by atoms with Gasteiger partial charge in [0.25, 0.3) is 0 Å². The second-order valence-corrected chi connectivity index (χ2v) is 3.94. The van der Waals surface area contributed by atoms with Gasteiger partial charge in [0.05, 0.1) is 17.8 Å². The van der Waals surface area contributed by atoms with E-state index in [0.29, 0.717) is 18.1 Å². The Hall–Kier alpha value is -2.50. The van der Waals surface area contributed by atoms with Crippen LogP contribution in [-0.4, -0.2) is 21.0 Å². The number of aromatic carboxylic acids is 1. The molecular weight excluding hydrogens is 249 g/mol. The largest absolute Gasteiger partial charge is 0.478 e. The standard InChI is InChI=1S/C13H12FN3O2/c1-8-15-5-4-10(17-8)7-16-12-3-2-9(14)6-11(12)13(18)19/h2-6,16H,7H2,1H3,(H,18,19). The minimum absolute atomic E-state index is 0.106. The summed E-state index contributed by atoms with van der Waals surface area (Å²) in [4.78, 5) is 19.2. The van der Waals surface area contributed by atoms with E-state index in [2.05, 4.69) is 15.3 Å². The van der Waals surface area contributed by atoms with Crippen LogP contribution in [0.3, 0.4) is 0 Å². The quantitative estimate of drug-likeness (QED) is 0.882. The molecule has 0 aliphatic rings. The van der Waals surface area contributed by atoms with Crippen LogP contribution in [0.5, 0.6) is 0 Å². The van der Waals surface area contributed by atoms with Crippen molar-refractivity contribution in [1.29, 1.82) is 0 Å². The van der Waals surface area contributed by atoms with Crippen molar-refractivity contribution in [1.82, 2.24) is 9.97 Å². The van der Waals surface area contributed by atoms with Gasteiger partial charge in [-0.15, -0.1) is 0 Å². The number of hydrogen-bond acceptors (Lipinski definition) is 4. The Balaban J connectivity index is 2.17. The first kappa shape index (κ1) is 12.9. The summed E-state index contributed by atoms with van der Waals surface area (Å²) in [5, 5.41) is 11.9. The van der Waals surface area contributed by atoms with Crippen molar-refractivity contribution in [2.45, 2.75) is 13.5 Å². The van der Waals surface area contributed by atoms with Crippen LogP contribution in [0.2, 0.25) is 0 Å². The maximum absolute atomic E-state index is 13.0. The van der Waals surface area contributed by atoms with Crippen molar-refractivity contribution in [3.63, 3.8) is 0 Å². The lowest BCUT2D eigenvalue weighted by Crippen LogP contribution is -2.08. The zero-order valence-corrected chi connectivity index (χ0v) is 10.2. The molecule has 1 heterocycles. The Kier molecular flexibility index (Phi) is 3.70. The summed E-state index contributed by atoms with van der Waals surface area (Å²) in [6.07, 6.45) is 1.63. The molecule has 0 unspecified atom stereocenters. The third-order valence-corrected chi connectivity index (χ3v) is 2.51. The van der Waals surface area contributed by atoms with Gasteiger partial charge in [-0.1, -0.05) is 0 Å². The van der Waals surface area contributed by atoms with Crippen LogP contribution in [0, 0.1) is 12.7 Å². The lowest BCUT2D eigenvalue weighted by molar-refractivity contribution is 0.0697. The number of nitrogens with one attached hydrogen (secondary N) is 1. The highest BCUT2D eigenvalue weighted by molar-refractivity contribution is 5.94. The van der Waals surface area contributed by atoms with Gasteiger partial charge >= 0.3 is 5.97 Å². The number of aromatic nitrogens is 2. The highest BCUT2D eigenvalue weighted by atomic mass is 19.1. The lowest BCUT2D eigenvalue weighted by atomic mass is 10.1. The number of nitrogens with zero attached hydrogens (tertiary/aromatic N) is 2. The Morgan fingerprint density at radius 3 is 2.89 bits per heavy atom. The maximum Gasteiger partial charge on any atom is 0.337 e. The van der Waals surface area contributed by atoms with Gasteiger partial charge in [0.15, 0.2) is 0 Å². The van der Waals surface area contributed by atoms with Gasteiger partial charge in [-0.25, -0.2) is 19.2 Å². The Labute approximate surface area is 109 Å². The van der Waals surface area contributed by atoms with Crippen molar-refractivity contribution in [3.05, 3.63) is 53.4 Å². The molecule has 2 N–H and O–H groups in total. The van der Waals surface area contributed by atoms with Gasteiger partial charge in [0, 0.05) is 11.9 Å². The molecule has 2 aromatic rings. The minimum Gasteiger partial charge on any atom is -0.478 e. The van der Waals surface area contributed by atoms with Crippen LogP contribution in [-0.2, 0) is 6.54 Å². The molecule has 19 heavy (non-hydrogen) atoms. The average Bonchev–Trinajstić information content (AvgIpc) is 2.37. The molecule has 0 saturated carbocycles. The van der Waals surface area contributed by atoms with E-state index in [9.17, 15) is 9.18 Å².